The van der Waals surface area contributed by atoms with Crippen molar-refractivity contribution in [2.45, 2.75) is 39.3 Å². The largest absolute Gasteiger partial charge is 0.454 e. The second-order valence-corrected chi connectivity index (χ2v) is 7.75. The van der Waals surface area contributed by atoms with Gasteiger partial charge in [-0.15, -0.1) is 0 Å². The molecular weight excluding hydrogens is 363 g/mol. The van der Waals surface area contributed by atoms with Gasteiger partial charge in [0.25, 0.3) is 0 Å². The summed E-state index contributed by atoms with van der Waals surface area (Å²) in [7, 11) is 0. The Morgan fingerprint density at radius 3 is 2.50 bits per heavy atom. The third kappa shape index (κ3) is 5.09. The average Bonchev–Trinajstić information content (AvgIpc) is 2.61. The Kier molecular flexibility index (Phi) is 5.67. The number of anilines is 1. The van der Waals surface area contributed by atoms with Crippen LogP contribution >= 0.6 is 0 Å². The minimum absolute atomic E-state index is 0.0382. The normalized spacial score (nSPS) is 17.4. The summed E-state index contributed by atoms with van der Waals surface area (Å²) in [6.45, 7) is 9.23. The maximum Gasteiger partial charge on any atom is 0.410 e. The van der Waals surface area contributed by atoms with Gasteiger partial charge in [-0.2, -0.15) is 0 Å². The Morgan fingerprint density at radius 2 is 1.89 bits per heavy atom. The van der Waals surface area contributed by atoms with Crippen molar-refractivity contribution < 1.29 is 18.7 Å². The number of nitrogens with zero attached hydrogens (tertiary/aromatic N) is 4. The number of rotatable bonds is 3. The van der Waals surface area contributed by atoms with Crippen LogP contribution in [0.3, 0.4) is 0 Å². The molecule has 0 N–H and O–H groups in total. The molecule has 0 spiro atoms. The molecule has 1 fully saturated rings. The van der Waals surface area contributed by atoms with Crippen LogP contribution in [0.2, 0.25) is 0 Å². The zero-order valence-electron chi connectivity index (χ0n) is 16.6. The fraction of sp³-hybridized carbons (Fsp3) is 0.450. The lowest BCUT2D eigenvalue weighted by atomic mass is 10.2. The molecule has 1 aromatic heterocycles. The van der Waals surface area contributed by atoms with E-state index in [4.69, 9.17) is 9.47 Å². The van der Waals surface area contributed by atoms with Gasteiger partial charge in [-0.3, -0.25) is 0 Å². The van der Waals surface area contributed by atoms with Crippen LogP contribution in [0.4, 0.5) is 15.1 Å². The van der Waals surface area contributed by atoms with Crippen LogP contribution in [-0.4, -0.2) is 52.2 Å². The van der Waals surface area contributed by atoms with Crippen molar-refractivity contribution in [3.05, 3.63) is 42.5 Å². The standard InChI is InChI=1S/C20H25FN4O3/c1-14-13-24(19(26)28-20(2,3)4)8-9-25(14)18-22-11-17(12-23-18)27-16-7-5-6-15(21)10-16/h5-7,10-12,14H,8-9,13H2,1-4H3/t14-/m1/s1. The number of aromatic nitrogens is 2. The quantitative estimate of drug-likeness (QED) is 0.796. The van der Waals surface area contributed by atoms with Crippen molar-refractivity contribution in [3.63, 3.8) is 0 Å². The van der Waals surface area contributed by atoms with Gasteiger partial charge in [0.2, 0.25) is 5.95 Å². The minimum atomic E-state index is -0.516. The van der Waals surface area contributed by atoms with Gasteiger partial charge in [0.1, 0.15) is 17.2 Å². The predicted octanol–water partition coefficient (Wildman–Crippen LogP) is 3.85. The van der Waals surface area contributed by atoms with Crippen LogP contribution in [0.25, 0.3) is 0 Å². The van der Waals surface area contributed by atoms with Crippen LogP contribution < -0.4 is 9.64 Å². The highest BCUT2D eigenvalue weighted by Gasteiger charge is 2.30. The fourth-order valence-corrected chi connectivity index (χ4v) is 2.92. The first-order chi connectivity index (χ1) is 13.2. The van der Waals surface area contributed by atoms with Gasteiger partial charge in [0.05, 0.1) is 12.4 Å². The van der Waals surface area contributed by atoms with Crippen molar-refractivity contribution in [3.8, 4) is 11.5 Å². The van der Waals surface area contributed by atoms with Crippen molar-refractivity contribution in [1.29, 1.82) is 0 Å². The number of halogens is 1. The van der Waals surface area contributed by atoms with E-state index in [1.165, 1.54) is 12.1 Å². The number of carbonyl (C=O) groups excluding carboxylic acids is 1. The molecule has 1 atom stereocenters. The Hall–Kier alpha value is -2.90. The molecule has 8 heteroatoms. The molecule has 1 amide bonds. The van der Waals surface area contributed by atoms with Crippen LogP contribution in [0, 0.1) is 5.82 Å². The van der Waals surface area contributed by atoms with Crippen molar-refractivity contribution >= 4 is 12.0 Å². The SMILES string of the molecule is C[C@@H]1CN(C(=O)OC(C)(C)C)CCN1c1ncc(Oc2cccc(F)c2)cn1. The van der Waals surface area contributed by atoms with Crippen LogP contribution in [0.15, 0.2) is 36.7 Å². The topological polar surface area (TPSA) is 67.8 Å². The van der Waals surface area contributed by atoms with E-state index >= 15 is 0 Å². The van der Waals surface area contributed by atoms with Crippen molar-refractivity contribution in [1.82, 2.24) is 14.9 Å². The lowest BCUT2D eigenvalue weighted by Crippen LogP contribution is -2.55. The molecule has 0 unspecified atom stereocenters. The fourth-order valence-electron chi connectivity index (χ4n) is 2.92. The summed E-state index contributed by atoms with van der Waals surface area (Å²) >= 11 is 0. The monoisotopic (exact) mass is 388 g/mol. The first-order valence-electron chi connectivity index (χ1n) is 9.21. The summed E-state index contributed by atoms with van der Waals surface area (Å²) in [6, 6.07) is 5.92. The number of benzene rings is 1. The predicted molar refractivity (Wildman–Crippen MR) is 103 cm³/mol. The molecule has 2 heterocycles. The van der Waals surface area contributed by atoms with Crippen LogP contribution in [0.5, 0.6) is 11.5 Å². The van der Waals surface area contributed by atoms with Gasteiger partial charge in [0.15, 0.2) is 5.75 Å². The number of hydrogen-bond acceptors (Lipinski definition) is 6. The van der Waals surface area contributed by atoms with Crippen LogP contribution in [-0.2, 0) is 4.74 Å². The zero-order chi connectivity index (χ0) is 20.3. The molecule has 3 rings (SSSR count). The third-order valence-corrected chi connectivity index (χ3v) is 4.18. The van der Waals surface area contributed by atoms with E-state index in [9.17, 15) is 9.18 Å². The summed E-state index contributed by atoms with van der Waals surface area (Å²) in [5, 5.41) is 0. The van der Waals surface area contributed by atoms with Gasteiger partial charge in [-0.1, -0.05) is 6.07 Å². The van der Waals surface area contributed by atoms with E-state index < -0.39 is 5.60 Å². The van der Waals surface area contributed by atoms with Gasteiger partial charge in [-0.25, -0.2) is 19.2 Å². The highest BCUT2D eigenvalue weighted by Crippen LogP contribution is 2.23. The molecule has 1 saturated heterocycles. The summed E-state index contributed by atoms with van der Waals surface area (Å²) in [5.41, 5.74) is -0.516. The van der Waals surface area contributed by atoms with E-state index in [0.717, 1.165) is 0 Å². The van der Waals surface area contributed by atoms with Gasteiger partial charge in [-0.05, 0) is 39.8 Å². The zero-order valence-corrected chi connectivity index (χ0v) is 16.6. The van der Waals surface area contributed by atoms with E-state index in [1.807, 2.05) is 32.6 Å². The maximum atomic E-state index is 13.2. The van der Waals surface area contributed by atoms with Crippen molar-refractivity contribution in [2.24, 2.45) is 0 Å². The van der Waals surface area contributed by atoms with E-state index in [-0.39, 0.29) is 18.0 Å². The summed E-state index contributed by atoms with van der Waals surface area (Å²) in [5.74, 6) is 1.000. The number of hydrogen-bond donors (Lipinski definition) is 0. The molecule has 0 saturated carbocycles. The number of amides is 1. The Labute approximate surface area is 164 Å². The van der Waals surface area contributed by atoms with Crippen molar-refractivity contribution in [2.75, 3.05) is 24.5 Å². The molecule has 0 radical (unpaired) electrons. The Morgan fingerprint density at radius 1 is 1.18 bits per heavy atom. The van der Waals surface area contributed by atoms with E-state index in [0.29, 0.717) is 37.1 Å². The number of piperazine rings is 1. The van der Waals surface area contributed by atoms with Gasteiger partial charge < -0.3 is 19.3 Å². The molecule has 0 bridgehead atoms. The summed E-state index contributed by atoms with van der Waals surface area (Å²) in [4.78, 5) is 24.7. The molecule has 1 aromatic carbocycles. The lowest BCUT2D eigenvalue weighted by Gasteiger charge is -2.40. The van der Waals surface area contributed by atoms with E-state index in [2.05, 4.69) is 9.97 Å². The average molecular weight is 388 g/mol. The molecule has 7 nitrogen and oxygen atoms in total. The van der Waals surface area contributed by atoms with Gasteiger partial charge >= 0.3 is 6.09 Å². The first kappa shape index (κ1) is 19.9. The van der Waals surface area contributed by atoms with E-state index in [1.54, 1.807) is 29.4 Å². The molecule has 1 aliphatic heterocycles. The van der Waals surface area contributed by atoms with Crippen LogP contribution in [0.1, 0.15) is 27.7 Å². The number of carbonyl (C=O) groups is 1. The highest BCUT2D eigenvalue weighted by atomic mass is 19.1. The molecule has 150 valence electrons. The third-order valence-electron chi connectivity index (χ3n) is 4.18. The molecule has 2 aromatic rings. The second kappa shape index (κ2) is 8.00. The lowest BCUT2D eigenvalue weighted by molar-refractivity contribution is 0.0218. The molecule has 0 aliphatic carbocycles. The molecule has 28 heavy (non-hydrogen) atoms. The highest BCUT2D eigenvalue weighted by molar-refractivity contribution is 5.68. The number of ether oxygens (including phenoxy) is 2. The summed E-state index contributed by atoms with van der Waals surface area (Å²) in [6.07, 6.45) is 2.80. The Bertz CT molecular complexity index is 823. The molecule has 1 aliphatic rings. The minimum Gasteiger partial charge on any atom is -0.454 e. The summed E-state index contributed by atoms with van der Waals surface area (Å²) < 4.78 is 24.3. The second-order valence-electron chi connectivity index (χ2n) is 7.75. The van der Waals surface area contributed by atoms with Gasteiger partial charge in [0, 0.05) is 31.7 Å². The Balaban J connectivity index is 1.61. The smallest absolute Gasteiger partial charge is 0.410 e. The maximum absolute atomic E-state index is 13.2. The first-order valence-corrected chi connectivity index (χ1v) is 9.21. The molecular formula is C20H25FN4O3.